The minimum atomic E-state index is -0.240. The van der Waals surface area contributed by atoms with Crippen molar-refractivity contribution in [1.82, 2.24) is 20.1 Å². The second-order valence-electron chi connectivity index (χ2n) is 7.82. The molecule has 0 aliphatic rings. The van der Waals surface area contributed by atoms with Gasteiger partial charge in [0.1, 0.15) is 5.75 Å². The standard InChI is InChI=1S/C25H31N5O3S/c1-5-19-10-12-20(13-11-19)27-23(32)16-34-25-29-28-21(30(25)6-2)14-26-22(31)15-33-24-17(3)8-7-9-18(24)4/h7-13H,5-6,14-16H2,1-4H3,(H,26,31)(H,27,32). The van der Waals surface area contributed by atoms with Crippen LogP contribution in [-0.2, 0) is 29.1 Å². The number of nitrogens with zero attached hydrogens (tertiary/aromatic N) is 3. The molecule has 34 heavy (non-hydrogen) atoms. The number of hydrogen-bond donors (Lipinski definition) is 2. The van der Waals surface area contributed by atoms with Gasteiger partial charge >= 0.3 is 0 Å². The molecule has 0 bridgehead atoms. The Hall–Kier alpha value is -3.33. The summed E-state index contributed by atoms with van der Waals surface area (Å²) < 4.78 is 7.59. The highest BCUT2D eigenvalue weighted by molar-refractivity contribution is 7.99. The van der Waals surface area contributed by atoms with Crippen LogP contribution in [0.15, 0.2) is 47.6 Å². The van der Waals surface area contributed by atoms with Crippen molar-refractivity contribution in [3.8, 4) is 5.75 Å². The fourth-order valence-corrected chi connectivity index (χ4v) is 4.24. The number of para-hydroxylation sites is 1. The topological polar surface area (TPSA) is 98.1 Å². The summed E-state index contributed by atoms with van der Waals surface area (Å²) in [5, 5.41) is 14.7. The van der Waals surface area contributed by atoms with Crippen LogP contribution < -0.4 is 15.4 Å². The second kappa shape index (κ2) is 12.2. The lowest BCUT2D eigenvalue weighted by Gasteiger charge is -2.12. The largest absolute Gasteiger partial charge is 0.483 e. The third kappa shape index (κ3) is 6.84. The molecule has 0 aliphatic heterocycles. The van der Waals surface area contributed by atoms with Crippen molar-refractivity contribution >= 4 is 29.3 Å². The number of ether oxygens (including phenoxy) is 1. The van der Waals surface area contributed by atoms with E-state index >= 15 is 0 Å². The Balaban J connectivity index is 1.49. The highest BCUT2D eigenvalue weighted by Crippen LogP contribution is 2.22. The fraction of sp³-hybridized carbons (Fsp3) is 0.360. The Morgan fingerprint density at radius 1 is 1.00 bits per heavy atom. The predicted octanol–water partition coefficient (Wildman–Crippen LogP) is 3.90. The van der Waals surface area contributed by atoms with E-state index in [0.717, 1.165) is 29.0 Å². The maximum absolute atomic E-state index is 12.3. The van der Waals surface area contributed by atoms with Crippen LogP contribution in [-0.4, -0.2) is 38.9 Å². The van der Waals surface area contributed by atoms with Crippen molar-refractivity contribution in [2.45, 2.75) is 52.4 Å². The summed E-state index contributed by atoms with van der Waals surface area (Å²) >= 11 is 1.31. The Labute approximate surface area is 204 Å². The van der Waals surface area contributed by atoms with Crippen molar-refractivity contribution in [3.63, 3.8) is 0 Å². The molecule has 0 fully saturated rings. The van der Waals surface area contributed by atoms with Crippen molar-refractivity contribution in [2.24, 2.45) is 0 Å². The summed E-state index contributed by atoms with van der Waals surface area (Å²) in [6, 6.07) is 13.7. The van der Waals surface area contributed by atoms with Gasteiger partial charge in [-0.05, 0) is 56.0 Å². The zero-order chi connectivity index (χ0) is 24.5. The quantitative estimate of drug-likeness (QED) is 0.403. The number of nitrogens with one attached hydrogen (secondary N) is 2. The van der Waals surface area contributed by atoms with Gasteiger partial charge in [0.2, 0.25) is 5.91 Å². The predicted molar refractivity (Wildman–Crippen MR) is 134 cm³/mol. The number of thioether (sulfide) groups is 1. The molecule has 0 radical (unpaired) electrons. The molecular formula is C25H31N5O3S. The lowest BCUT2D eigenvalue weighted by atomic mass is 10.1. The molecule has 2 N–H and O–H groups in total. The third-order valence-corrected chi connectivity index (χ3v) is 6.25. The van der Waals surface area contributed by atoms with E-state index in [4.69, 9.17) is 4.74 Å². The molecule has 1 heterocycles. The molecule has 0 atom stereocenters. The summed E-state index contributed by atoms with van der Waals surface area (Å²) in [5.41, 5.74) is 3.97. The van der Waals surface area contributed by atoms with Crippen LogP contribution in [0.5, 0.6) is 5.75 Å². The van der Waals surface area contributed by atoms with Crippen molar-refractivity contribution in [1.29, 1.82) is 0 Å². The van der Waals surface area contributed by atoms with Gasteiger partial charge < -0.3 is 19.9 Å². The first kappa shape index (κ1) is 25.3. The molecule has 0 aliphatic carbocycles. The highest BCUT2D eigenvalue weighted by atomic mass is 32.2. The normalized spacial score (nSPS) is 10.7. The van der Waals surface area contributed by atoms with Gasteiger partial charge in [-0.1, -0.05) is 49.0 Å². The maximum atomic E-state index is 12.3. The molecule has 3 rings (SSSR count). The highest BCUT2D eigenvalue weighted by Gasteiger charge is 2.15. The second-order valence-corrected chi connectivity index (χ2v) is 8.76. The first-order valence-electron chi connectivity index (χ1n) is 11.3. The summed E-state index contributed by atoms with van der Waals surface area (Å²) in [5.74, 6) is 1.21. The van der Waals surface area contributed by atoms with Crippen LogP contribution >= 0.6 is 11.8 Å². The van der Waals surface area contributed by atoms with Gasteiger partial charge in [0.05, 0.1) is 12.3 Å². The van der Waals surface area contributed by atoms with Gasteiger partial charge in [-0.3, -0.25) is 9.59 Å². The zero-order valence-electron chi connectivity index (χ0n) is 20.1. The monoisotopic (exact) mass is 481 g/mol. The summed E-state index contributed by atoms with van der Waals surface area (Å²) in [7, 11) is 0. The van der Waals surface area contributed by atoms with Crippen LogP contribution in [0.1, 0.15) is 36.4 Å². The van der Waals surface area contributed by atoms with E-state index in [1.165, 1.54) is 17.3 Å². The van der Waals surface area contributed by atoms with E-state index < -0.39 is 0 Å². The number of amides is 2. The van der Waals surface area contributed by atoms with Crippen LogP contribution in [0, 0.1) is 13.8 Å². The zero-order valence-corrected chi connectivity index (χ0v) is 20.9. The van der Waals surface area contributed by atoms with Gasteiger partial charge in [0.25, 0.3) is 5.91 Å². The van der Waals surface area contributed by atoms with Gasteiger partial charge in [0.15, 0.2) is 17.6 Å². The molecular weight excluding hydrogens is 450 g/mol. The Kier molecular flexibility index (Phi) is 9.09. The third-order valence-electron chi connectivity index (χ3n) is 5.29. The number of carbonyl (C=O) groups is 2. The average molecular weight is 482 g/mol. The lowest BCUT2D eigenvalue weighted by Crippen LogP contribution is -2.29. The van der Waals surface area contributed by atoms with Crippen LogP contribution in [0.4, 0.5) is 5.69 Å². The van der Waals surface area contributed by atoms with Gasteiger partial charge in [-0.2, -0.15) is 0 Å². The molecule has 0 saturated carbocycles. The fourth-order valence-electron chi connectivity index (χ4n) is 3.42. The molecule has 2 amide bonds. The summed E-state index contributed by atoms with van der Waals surface area (Å²) in [6.45, 7) is 8.74. The number of aromatic nitrogens is 3. The van der Waals surface area contributed by atoms with Crippen LogP contribution in [0.3, 0.4) is 0 Å². The van der Waals surface area contributed by atoms with Crippen molar-refractivity contribution < 1.29 is 14.3 Å². The molecule has 0 spiro atoms. The molecule has 8 nitrogen and oxygen atoms in total. The minimum absolute atomic E-state index is 0.0764. The van der Waals surface area contributed by atoms with Crippen LogP contribution in [0.2, 0.25) is 0 Å². The van der Waals surface area contributed by atoms with E-state index in [1.54, 1.807) is 0 Å². The number of aryl methyl sites for hydroxylation is 3. The number of rotatable bonds is 11. The molecule has 3 aromatic rings. The Bertz CT molecular complexity index is 1110. The maximum Gasteiger partial charge on any atom is 0.258 e. The summed E-state index contributed by atoms with van der Waals surface area (Å²) in [6.07, 6.45) is 0.957. The van der Waals surface area contributed by atoms with Crippen molar-refractivity contribution in [2.75, 3.05) is 17.7 Å². The van der Waals surface area contributed by atoms with Crippen molar-refractivity contribution in [3.05, 3.63) is 65.0 Å². The number of anilines is 1. The SMILES string of the molecule is CCc1ccc(NC(=O)CSc2nnc(CNC(=O)COc3c(C)cccc3C)n2CC)cc1. The first-order chi connectivity index (χ1) is 16.4. The van der Waals surface area contributed by atoms with E-state index in [9.17, 15) is 9.59 Å². The molecule has 0 unspecified atom stereocenters. The molecule has 1 aromatic heterocycles. The average Bonchev–Trinajstić information content (AvgIpc) is 3.23. The van der Waals surface area contributed by atoms with Crippen LogP contribution in [0.25, 0.3) is 0 Å². The van der Waals surface area contributed by atoms with E-state index in [1.807, 2.05) is 67.8 Å². The Morgan fingerprint density at radius 2 is 1.71 bits per heavy atom. The van der Waals surface area contributed by atoms with Gasteiger partial charge in [-0.15, -0.1) is 10.2 Å². The molecule has 0 saturated heterocycles. The van der Waals surface area contributed by atoms with Gasteiger partial charge in [0, 0.05) is 12.2 Å². The minimum Gasteiger partial charge on any atom is -0.483 e. The molecule has 2 aromatic carbocycles. The Morgan fingerprint density at radius 3 is 2.35 bits per heavy atom. The molecule has 180 valence electrons. The summed E-state index contributed by atoms with van der Waals surface area (Å²) in [4.78, 5) is 24.6. The number of hydrogen-bond acceptors (Lipinski definition) is 6. The van der Waals surface area contributed by atoms with E-state index in [0.29, 0.717) is 17.5 Å². The number of benzene rings is 2. The van der Waals surface area contributed by atoms with E-state index in [-0.39, 0.29) is 30.7 Å². The smallest absolute Gasteiger partial charge is 0.258 e. The first-order valence-corrected chi connectivity index (χ1v) is 12.3. The van der Waals surface area contributed by atoms with Gasteiger partial charge in [-0.25, -0.2) is 0 Å². The number of carbonyl (C=O) groups excluding carboxylic acids is 2. The lowest BCUT2D eigenvalue weighted by molar-refractivity contribution is -0.123. The molecule has 9 heteroatoms. The van der Waals surface area contributed by atoms with E-state index in [2.05, 4.69) is 27.8 Å².